The number of aliphatic imine (C=N–C) groups is 1. The molecule has 4 heterocycles. The summed E-state index contributed by atoms with van der Waals surface area (Å²) in [5.74, 6) is 1.68. The molecule has 0 bridgehead atoms. The first kappa shape index (κ1) is 18.9. The predicted octanol–water partition coefficient (Wildman–Crippen LogP) is 3.41. The van der Waals surface area contributed by atoms with E-state index in [0.717, 1.165) is 67.6 Å². The Balaban J connectivity index is 1.30. The molecule has 7 nitrogen and oxygen atoms in total. The van der Waals surface area contributed by atoms with Crippen molar-refractivity contribution in [1.29, 1.82) is 0 Å². The second kappa shape index (κ2) is 8.36. The maximum absolute atomic E-state index is 5.27. The van der Waals surface area contributed by atoms with E-state index in [1.165, 1.54) is 29.7 Å². The van der Waals surface area contributed by atoms with Gasteiger partial charge in [0.05, 0.1) is 30.4 Å². The van der Waals surface area contributed by atoms with E-state index >= 15 is 0 Å². The lowest BCUT2D eigenvalue weighted by Gasteiger charge is -2.28. The predicted molar refractivity (Wildman–Crippen MR) is 116 cm³/mol. The highest BCUT2D eigenvalue weighted by molar-refractivity contribution is 5.97. The van der Waals surface area contributed by atoms with Crippen LogP contribution in [-0.2, 0) is 19.5 Å². The molecule has 0 aliphatic carbocycles. The molecular formula is C23H26N6O. The maximum Gasteiger partial charge on any atom is 0.173 e. The Morgan fingerprint density at radius 2 is 2.00 bits per heavy atom. The van der Waals surface area contributed by atoms with Crippen LogP contribution in [0.1, 0.15) is 41.9 Å². The van der Waals surface area contributed by atoms with E-state index < -0.39 is 0 Å². The van der Waals surface area contributed by atoms with Crippen molar-refractivity contribution in [2.24, 2.45) is 4.99 Å². The number of nitrogens with one attached hydrogen (secondary N) is 1. The molecule has 30 heavy (non-hydrogen) atoms. The minimum atomic E-state index is 0.832. The van der Waals surface area contributed by atoms with E-state index in [1.54, 1.807) is 7.11 Å². The third-order valence-electron chi connectivity index (χ3n) is 5.89. The van der Waals surface area contributed by atoms with Crippen LogP contribution >= 0.6 is 0 Å². The Morgan fingerprint density at radius 1 is 1.10 bits per heavy atom. The minimum Gasteiger partial charge on any atom is -0.497 e. The number of aromatic nitrogens is 4. The molecule has 0 saturated heterocycles. The van der Waals surface area contributed by atoms with Gasteiger partial charge in [-0.25, -0.2) is 9.97 Å². The minimum absolute atomic E-state index is 0.832. The number of hydrogen-bond donors (Lipinski definition) is 1. The van der Waals surface area contributed by atoms with Gasteiger partial charge in [0.1, 0.15) is 5.75 Å². The third-order valence-corrected chi connectivity index (χ3v) is 5.89. The SMILES string of the molecule is COc1ccc(-c2[nH]ncc2CN2CCc3nc(C4=NCCCC4)ncc3C2)cc1. The lowest BCUT2D eigenvalue weighted by Crippen LogP contribution is -2.31. The average molecular weight is 403 g/mol. The molecule has 0 radical (unpaired) electrons. The molecule has 0 spiro atoms. The zero-order valence-electron chi connectivity index (χ0n) is 17.3. The highest BCUT2D eigenvalue weighted by atomic mass is 16.5. The highest BCUT2D eigenvalue weighted by Gasteiger charge is 2.21. The van der Waals surface area contributed by atoms with Crippen molar-refractivity contribution >= 4 is 5.71 Å². The van der Waals surface area contributed by atoms with Crippen LogP contribution in [0.3, 0.4) is 0 Å². The van der Waals surface area contributed by atoms with E-state index in [1.807, 2.05) is 24.5 Å². The van der Waals surface area contributed by atoms with Gasteiger partial charge in [-0.05, 0) is 43.5 Å². The number of hydrogen-bond acceptors (Lipinski definition) is 6. The summed E-state index contributed by atoms with van der Waals surface area (Å²) < 4.78 is 5.27. The Hall–Kier alpha value is -3.06. The molecule has 0 amide bonds. The number of aromatic amines is 1. The van der Waals surface area contributed by atoms with Gasteiger partial charge in [-0.15, -0.1) is 0 Å². The zero-order valence-corrected chi connectivity index (χ0v) is 17.3. The van der Waals surface area contributed by atoms with Gasteiger partial charge in [-0.1, -0.05) is 0 Å². The molecule has 2 aliphatic heterocycles. The van der Waals surface area contributed by atoms with Crippen molar-refractivity contribution in [3.63, 3.8) is 0 Å². The molecule has 2 aliphatic rings. The summed E-state index contributed by atoms with van der Waals surface area (Å²) >= 11 is 0. The number of nitrogens with zero attached hydrogens (tertiary/aromatic N) is 5. The molecule has 5 rings (SSSR count). The largest absolute Gasteiger partial charge is 0.497 e. The molecule has 1 aromatic carbocycles. The number of H-pyrrole nitrogens is 1. The third kappa shape index (κ3) is 3.85. The highest BCUT2D eigenvalue weighted by Crippen LogP contribution is 2.26. The van der Waals surface area contributed by atoms with Crippen LogP contribution in [0.15, 0.2) is 41.7 Å². The maximum atomic E-state index is 5.27. The van der Waals surface area contributed by atoms with E-state index in [2.05, 4.69) is 37.2 Å². The van der Waals surface area contributed by atoms with Gasteiger partial charge in [0.15, 0.2) is 5.82 Å². The standard InChI is InChI=1S/C23H26N6O/c1-30-19-7-5-16(6-8-19)22-18(13-26-28-22)15-29-11-9-20-17(14-29)12-25-23(27-20)21-4-2-3-10-24-21/h5-8,12-13H,2-4,9-11,14-15H2,1H3,(H,26,28). The fraction of sp³-hybridized carbons (Fsp3) is 0.391. The van der Waals surface area contributed by atoms with Crippen LogP contribution in [-0.4, -0.2) is 51.0 Å². The van der Waals surface area contributed by atoms with Gasteiger partial charge >= 0.3 is 0 Å². The molecule has 0 atom stereocenters. The molecule has 3 aromatic rings. The zero-order chi connectivity index (χ0) is 20.3. The summed E-state index contributed by atoms with van der Waals surface area (Å²) in [6, 6.07) is 8.07. The normalized spacial score (nSPS) is 16.8. The molecule has 2 aromatic heterocycles. The summed E-state index contributed by atoms with van der Waals surface area (Å²) in [4.78, 5) is 16.5. The number of ether oxygens (including phenoxy) is 1. The summed E-state index contributed by atoms with van der Waals surface area (Å²) in [6.07, 6.45) is 8.23. The van der Waals surface area contributed by atoms with E-state index in [4.69, 9.17) is 9.72 Å². The Bertz CT molecular complexity index is 1060. The summed E-state index contributed by atoms with van der Waals surface area (Å²) in [5, 5.41) is 7.45. The first-order chi connectivity index (χ1) is 14.8. The van der Waals surface area contributed by atoms with Crippen molar-refractivity contribution in [3.05, 3.63) is 59.3 Å². The first-order valence-corrected chi connectivity index (χ1v) is 10.6. The molecule has 0 unspecified atom stereocenters. The first-order valence-electron chi connectivity index (χ1n) is 10.6. The fourth-order valence-electron chi connectivity index (χ4n) is 4.21. The van der Waals surface area contributed by atoms with Gasteiger partial charge in [0.2, 0.25) is 0 Å². The number of rotatable bonds is 5. The molecule has 154 valence electrons. The molecule has 0 fully saturated rings. The van der Waals surface area contributed by atoms with Crippen molar-refractivity contribution in [1.82, 2.24) is 25.1 Å². The number of methoxy groups -OCH3 is 1. The van der Waals surface area contributed by atoms with Gasteiger partial charge in [-0.3, -0.25) is 15.0 Å². The van der Waals surface area contributed by atoms with Crippen molar-refractivity contribution in [2.45, 2.75) is 38.8 Å². The summed E-state index contributed by atoms with van der Waals surface area (Å²) in [7, 11) is 1.68. The van der Waals surface area contributed by atoms with Crippen LogP contribution in [0.25, 0.3) is 11.3 Å². The lowest BCUT2D eigenvalue weighted by atomic mass is 10.0. The summed E-state index contributed by atoms with van der Waals surface area (Å²) in [6.45, 7) is 3.58. The second-order valence-electron chi connectivity index (χ2n) is 7.91. The van der Waals surface area contributed by atoms with Gasteiger partial charge in [0, 0.05) is 55.5 Å². The van der Waals surface area contributed by atoms with E-state index in [9.17, 15) is 0 Å². The Kier molecular flexibility index (Phi) is 5.27. The van der Waals surface area contributed by atoms with Crippen LogP contribution in [0.2, 0.25) is 0 Å². The topological polar surface area (TPSA) is 79.3 Å². The molecule has 1 N–H and O–H groups in total. The number of fused-ring (bicyclic) bond motifs is 1. The fourth-order valence-corrected chi connectivity index (χ4v) is 4.21. The molecule has 7 heteroatoms. The average Bonchev–Trinajstić information content (AvgIpc) is 3.27. The quantitative estimate of drug-likeness (QED) is 0.708. The second-order valence-corrected chi connectivity index (χ2v) is 7.91. The van der Waals surface area contributed by atoms with Crippen molar-refractivity contribution in [2.75, 3.05) is 20.2 Å². The van der Waals surface area contributed by atoms with E-state index in [0.29, 0.717) is 0 Å². The number of benzene rings is 1. The summed E-state index contributed by atoms with van der Waals surface area (Å²) in [5.41, 5.74) is 6.84. The van der Waals surface area contributed by atoms with E-state index in [-0.39, 0.29) is 0 Å². The van der Waals surface area contributed by atoms with Gasteiger partial charge in [0.25, 0.3) is 0 Å². The van der Waals surface area contributed by atoms with Crippen LogP contribution in [0.4, 0.5) is 0 Å². The van der Waals surface area contributed by atoms with Crippen molar-refractivity contribution < 1.29 is 4.74 Å². The van der Waals surface area contributed by atoms with Crippen molar-refractivity contribution in [3.8, 4) is 17.0 Å². The van der Waals surface area contributed by atoms with Crippen LogP contribution in [0, 0.1) is 0 Å². The van der Waals surface area contributed by atoms with Gasteiger partial charge in [-0.2, -0.15) is 5.10 Å². The van der Waals surface area contributed by atoms with Crippen LogP contribution in [0.5, 0.6) is 5.75 Å². The molecule has 0 saturated carbocycles. The van der Waals surface area contributed by atoms with Gasteiger partial charge < -0.3 is 4.74 Å². The smallest absolute Gasteiger partial charge is 0.173 e. The Labute approximate surface area is 176 Å². The monoisotopic (exact) mass is 402 g/mol. The van der Waals surface area contributed by atoms with Crippen LogP contribution < -0.4 is 4.74 Å². The molecular weight excluding hydrogens is 376 g/mol. The Morgan fingerprint density at radius 3 is 2.80 bits per heavy atom. The lowest BCUT2D eigenvalue weighted by molar-refractivity contribution is 0.243.